The molecule has 1 aromatic heterocycles. The summed E-state index contributed by atoms with van der Waals surface area (Å²) in [7, 11) is 0. The quantitative estimate of drug-likeness (QED) is 0.418. The molecule has 0 aliphatic heterocycles. The highest BCUT2D eigenvalue weighted by Crippen LogP contribution is 2.41. The van der Waals surface area contributed by atoms with Crippen LogP contribution in [0.25, 0.3) is 10.1 Å². The minimum atomic E-state index is -0.184. The standard InChI is InChI=1S/C16H11BrCl2S/c1-9-5-6-10(18)7-12(9)15(19)13-8-20-16-11(13)3-2-4-14(16)17/h2-8,15H,1H3. The van der Waals surface area contributed by atoms with Crippen LogP contribution in [0, 0.1) is 6.92 Å². The van der Waals surface area contributed by atoms with Crippen LogP contribution in [-0.2, 0) is 0 Å². The van der Waals surface area contributed by atoms with Gasteiger partial charge in [-0.1, -0.05) is 29.8 Å². The lowest BCUT2D eigenvalue weighted by Crippen LogP contribution is -1.95. The van der Waals surface area contributed by atoms with Crippen molar-refractivity contribution in [3.63, 3.8) is 0 Å². The van der Waals surface area contributed by atoms with Crippen molar-refractivity contribution in [1.82, 2.24) is 0 Å². The van der Waals surface area contributed by atoms with Gasteiger partial charge in [-0.05, 0) is 68.5 Å². The third-order valence-corrected chi connectivity index (χ3v) is 6.05. The zero-order chi connectivity index (χ0) is 14.3. The molecule has 0 fully saturated rings. The van der Waals surface area contributed by atoms with Crippen LogP contribution >= 0.6 is 50.5 Å². The van der Waals surface area contributed by atoms with E-state index in [2.05, 4.69) is 40.4 Å². The second-order valence-corrected chi connectivity index (χ2v) is 7.28. The van der Waals surface area contributed by atoms with Gasteiger partial charge in [-0.25, -0.2) is 0 Å². The molecule has 20 heavy (non-hydrogen) atoms. The fourth-order valence-electron chi connectivity index (χ4n) is 2.29. The predicted molar refractivity (Wildman–Crippen MR) is 93.4 cm³/mol. The Balaban J connectivity index is 2.15. The summed E-state index contributed by atoms with van der Waals surface area (Å²) in [6.07, 6.45) is 0. The summed E-state index contributed by atoms with van der Waals surface area (Å²) >= 11 is 18.1. The number of hydrogen-bond acceptors (Lipinski definition) is 1. The normalized spacial score (nSPS) is 12.8. The number of benzene rings is 2. The van der Waals surface area contributed by atoms with Gasteiger partial charge in [-0.3, -0.25) is 0 Å². The van der Waals surface area contributed by atoms with Crippen LogP contribution in [0.2, 0.25) is 5.02 Å². The van der Waals surface area contributed by atoms with Gasteiger partial charge in [-0.2, -0.15) is 0 Å². The van der Waals surface area contributed by atoms with E-state index in [1.165, 1.54) is 10.1 Å². The third kappa shape index (κ3) is 2.50. The van der Waals surface area contributed by atoms with E-state index in [1.807, 2.05) is 24.3 Å². The third-order valence-electron chi connectivity index (χ3n) is 3.37. The van der Waals surface area contributed by atoms with Crippen molar-refractivity contribution in [2.24, 2.45) is 0 Å². The first-order valence-electron chi connectivity index (χ1n) is 6.13. The Bertz CT molecular complexity index is 779. The maximum atomic E-state index is 6.71. The minimum Gasteiger partial charge on any atom is -0.142 e. The maximum Gasteiger partial charge on any atom is 0.0852 e. The number of fused-ring (bicyclic) bond motifs is 1. The molecule has 0 N–H and O–H groups in total. The summed E-state index contributed by atoms with van der Waals surface area (Å²) in [5, 5.41) is 3.87. The van der Waals surface area contributed by atoms with E-state index in [1.54, 1.807) is 11.3 Å². The van der Waals surface area contributed by atoms with Crippen molar-refractivity contribution in [3.8, 4) is 0 Å². The molecule has 1 unspecified atom stereocenters. The molecule has 0 radical (unpaired) electrons. The van der Waals surface area contributed by atoms with Crippen LogP contribution in [0.1, 0.15) is 22.1 Å². The Kier molecular flexibility index (Phi) is 4.09. The molecule has 4 heteroatoms. The summed E-state index contributed by atoms with van der Waals surface area (Å²) in [5.41, 5.74) is 3.36. The number of aryl methyl sites for hydroxylation is 1. The Morgan fingerprint density at radius 3 is 2.75 bits per heavy atom. The molecule has 1 heterocycles. The van der Waals surface area contributed by atoms with Crippen LogP contribution in [0.3, 0.4) is 0 Å². The molecule has 0 saturated heterocycles. The molecule has 102 valence electrons. The lowest BCUT2D eigenvalue weighted by atomic mass is 9.99. The van der Waals surface area contributed by atoms with Gasteiger partial charge in [0.1, 0.15) is 0 Å². The van der Waals surface area contributed by atoms with Gasteiger partial charge in [0.25, 0.3) is 0 Å². The van der Waals surface area contributed by atoms with E-state index in [0.717, 1.165) is 26.2 Å². The monoisotopic (exact) mass is 384 g/mol. The van der Waals surface area contributed by atoms with Crippen LogP contribution in [0.15, 0.2) is 46.3 Å². The molecule has 0 aliphatic rings. The second kappa shape index (κ2) is 5.69. The van der Waals surface area contributed by atoms with Crippen molar-refractivity contribution in [3.05, 3.63) is 68.0 Å². The van der Waals surface area contributed by atoms with Crippen molar-refractivity contribution in [2.45, 2.75) is 12.3 Å². The number of thiophene rings is 1. The highest BCUT2D eigenvalue weighted by atomic mass is 79.9. The molecule has 2 aromatic carbocycles. The van der Waals surface area contributed by atoms with Gasteiger partial charge < -0.3 is 0 Å². The van der Waals surface area contributed by atoms with Crippen molar-refractivity contribution < 1.29 is 0 Å². The molecule has 0 bridgehead atoms. The summed E-state index contributed by atoms with van der Waals surface area (Å²) in [4.78, 5) is 0. The molecule has 0 amide bonds. The van der Waals surface area contributed by atoms with Gasteiger partial charge in [0.2, 0.25) is 0 Å². The first kappa shape index (κ1) is 14.4. The molecule has 3 aromatic rings. The summed E-state index contributed by atoms with van der Waals surface area (Å²) < 4.78 is 2.34. The van der Waals surface area contributed by atoms with E-state index in [9.17, 15) is 0 Å². The Morgan fingerprint density at radius 2 is 1.95 bits per heavy atom. The largest absolute Gasteiger partial charge is 0.142 e. The number of alkyl halides is 1. The van der Waals surface area contributed by atoms with Crippen LogP contribution in [0.5, 0.6) is 0 Å². The maximum absolute atomic E-state index is 6.71. The van der Waals surface area contributed by atoms with Gasteiger partial charge >= 0.3 is 0 Å². The van der Waals surface area contributed by atoms with E-state index < -0.39 is 0 Å². The SMILES string of the molecule is Cc1ccc(Cl)cc1C(Cl)c1csc2c(Br)cccc12. The lowest BCUT2D eigenvalue weighted by molar-refractivity contribution is 1.13. The van der Waals surface area contributed by atoms with Crippen molar-refractivity contribution in [1.29, 1.82) is 0 Å². The smallest absolute Gasteiger partial charge is 0.0852 e. The van der Waals surface area contributed by atoms with Gasteiger partial charge in [-0.15, -0.1) is 22.9 Å². The lowest BCUT2D eigenvalue weighted by Gasteiger charge is -2.13. The molecule has 0 nitrogen and oxygen atoms in total. The molecule has 0 saturated carbocycles. The Morgan fingerprint density at radius 1 is 1.15 bits per heavy atom. The molecule has 3 rings (SSSR count). The first-order valence-corrected chi connectivity index (χ1v) is 8.62. The van der Waals surface area contributed by atoms with E-state index >= 15 is 0 Å². The highest BCUT2D eigenvalue weighted by Gasteiger charge is 2.18. The molecule has 0 spiro atoms. The van der Waals surface area contributed by atoms with Gasteiger partial charge in [0.05, 0.1) is 5.38 Å². The summed E-state index contributed by atoms with van der Waals surface area (Å²) in [6, 6.07) is 12.1. The summed E-state index contributed by atoms with van der Waals surface area (Å²) in [6.45, 7) is 2.06. The fraction of sp³-hybridized carbons (Fsp3) is 0.125. The average Bonchev–Trinajstić information content (AvgIpc) is 2.86. The van der Waals surface area contributed by atoms with Crippen LogP contribution in [0.4, 0.5) is 0 Å². The first-order chi connectivity index (χ1) is 9.58. The van der Waals surface area contributed by atoms with E-state index in [-0.39, 0.29) is 5.38 Å². The molecule has 0 aliphatic carbocycles. The molecular weight excluding hydrogens is 375 g/mol. The minimum absolute atomic E-state index is 0.184. The summed E-state index contributed by atoms with van der Waals surface area (Å²) in [5.74, 6) is 0. The van der Waals surface area contributed by atoms with Gasteiger partial charge in [0, 0.05) is 14.2 Å². The van der Waals surface area contributed by atoms with Crippen LogP contribution < -0.4 is 0 Å². The number of hydrogen-bond donors (Lipinski definition) is 0. The van der Waals surface area contributed by atoms with Crippen molar-refractivity contribution in [2.75, 3.05) is 0 Å². The van der Waals surface area contributed by atoms with E-state index in [0.29, 0.717) is 0 Å². The second-order valence-electron chi connectivity index (χ2n) is 4.67. The van der Waals surface area contributed by atoms with Gasteiger partial charge in [0.15, 0.2) is 0 Å². The topological polar surface area (TPSA) is 0 Å². The Labute approximate surface area is 140 Å². The Hall–Kier alpha value is -0.540. The molecular formula is C16H11BrCl2S. The zero-order valence-electron chi connectivity index (χ0n) is 10.7. The predicted octanol–water partition coefficient (Wildman–Crippen LogP) is 6.95. The number of rotatable bonds is 2. The average molecular weight is 386 g/mol. The van der Waals surface area contributed by atoms with E-state index in [4.69, 9.17) is 23.2 Å². The highest BCUT2D eigenvalue weighted by molar-refractivity contribution is 9.10. The molecule has 1 atom stereocenters. The fourth-order valence-corrected chi connectivity index (χ4v) is 4.61. The van der Waals surface area contributed by atoms with Crippen LogP contribution in [-0.4, -0.2) is 0 Å². The zero-order valence-corrected chi connectivity index (χ0v) is 14.6. The van der Waals surface area contributed by atoms with Crippen molar-refractivity contribution >= 4 is 60.6 Å². The number of halogens is 3.